The number of nitrogens with two attached hydrogens (primary N) is 1. The van der Waals surface area contributed by atoms with Gasteiger partial charge in [-0.05, 0) is 11.1 Å². The van der Waals surface area contributed by atoms with Crippen molar-refractivity contribution in [2.24, 2.45) is 5.73 Å². The highest BCUT2D eigenvalue weighted by molar-refractivity contribution is 5.88. The molecule has 0 radical (unpaired) electrons. The van der Waals surface area contributed by atoms with Crippen molar-refractivity contribution in [3.05, 3.63) is 71.8 Å². The zero-order valence-electron chi connectivity index (χ0n) is 14.8. The van der Waals surface area contributed by atoms with Crippen LogP contribution in [-0.2, 0) is 19.1 Å². The molecule has 0 saturated carbocycles. The molecule has 3 N–H and O–H groups in total. The van der Waals surface area contributed by atoms with Crippen LogP contribution in [0.3, 0.4) is 0 Å². The van der Waals surface area contributed by atoms with E-state index in [0.29, 0.717) is 13.2 Å². The maximum atomic E-state index is 12.2. The third-order valence-corrected chi connectivity index (χ3v) is 3.94. The Kier molecular flexibility index (Phi) is 7.79. The monoisotopic (exact) mass is 356 g/mol. The summed E-state index contributed by atoms with van der Waals surface area (Å²) in [7, 11) is 1.55. The minimum atomic E-state index is -0.890. The van der Waals surface area contributed by atoms with E-state index in [0.717, 1.165) is 11.1 Å². The molecule has 2 amide bonds. The Hall–Kier alpha value is -2.70. The van der Waals surface area contributed by atoms with E-state index in [9.17, 15) is 9.59 Å². The zero-order valence-corrected chi connectivity index (χ0v) is 14.8. The highest BCUT2D eigenvalue weighted by Gasteiger charge is 2.30. The molecule has 6 heteroatoms. The van der Waals surface area contributed by atoms with Crippen molar-refractivity contribution < 1.29 is 19.1 Å². The molecule has 0 bridgehead atoms. The van der Waals surface area contributed by atoms with Gasteiger partial charge in [-0.1, -0.05) is 60.7 Å². The van der Waals surface area contributed by atoms with Crippen LogP contribution in [0, 0.1) is 0 Å². The van der Waals surface area contributed by atoms with Gasteiger partial charge in [0.2, 0.25) is 11.8 Å². The summed E-state index contributed by atoms with van der Waals surface area (Å²) >= 11 is 0. The molecule has 0 unspecified atom stereocenters. The molecular weight excluding hydrogens is 332 g/mol. The molecule has 2 aromatic rings. The van der Waals surface area contributed by atoms with E-state index in [1.807, 2.05) is 60.7 Å². The smallest absolute Gasteiger partial charge is 0.246 e. The lowest BCUT2D eigenvalue weighted by Gasteiger charge is -2.26. The zero-order chi connectivity index (χ0) is 18.8. The number of hydrogen-bond acceptors (Lipinski definition) is 4. The Morgan fingerprint density at radius 1 is 0.962 bits per heavy atom. The molecule has 2 aromatic carbocycles. The second-order valence-electron chi connectivity index (χ2n) is 5.79. The third kappa shape index (κ3) is 5.68. The van der Waals surface area contributed by atoms with E-state index >= 15 is 0 Å². The number of primary amides is 1. The fourth-order valence-electron chi connectivity index (χ4n) is 2.74. The third-order valence-electron chi connectivity index (χ3n) is 3.94. The van der Waals surface area contributed by atoms with Crippen molar-refractivity contribution in [1.29, 1.82) is 0 Å². The molecular formula is C20H24N2O4. The highest BCUT2D eigenvalue weighted by atomic mass is 16.5. The van der Waals surface area contributed by atoms with Gasteiger partial charge in [0.05, 0.1) is 13.2 Å². The minimum Gasteiger partial charge on any atom is -0.382 e. The van der Waals surface area contributed by atoms with Gasteiger partial charge in [-0.25, -0.2) is 0 Å². The molecule has 0 aliphatic carbocycles. The number of carbonyl (C=O) groups is 2. The molecule has 2 rings (SSSR count). The topological polar surface area (TPSA) is 90.7 Å². The number of benzene rings is 2. The lowest BCUT2D eigenvalue weighted by atomic mass is 9.84. The highest BCUT2D eigenvalue weighted by Crippen LogP contribution is 2.28. The Bertz CT molecular complexity index is 652. The normalized spacial score (nSPS) is 11.9. The van der Waals surface area contributed by atoms with Crippen molar-refractivity contribution in [1.82, 2.24) is 5.32 Å². The molecule has 0 aliphatic heterocycles. The maximum absolute atomic E-state index is 12.2. The van der Waals surface area contributed by atoms with Crippen LogP contribution in [0.5, 0.6) is 0 Å². The van der Waals surface area contributed by atoms with Gasteiger partial charge in [0, 0.05) is 13.0 Å². The molecule has 138 valence electrons. The van der Waals surface area contributed by atoms with Crippen LogP contribution in [0.15, 0.2) is 60.7 Å². The van der Waals surface area contributed by atoms with E-state index in [-0.39, 0.29) is 6.61 Å². The summed E-state index contributed by atoms with van der Waals surface area (Å²) in [6.45, 7) is 0.526. The van der Waals surface area contributed by atoms with Gasteiger partial charge in [-0.2, -0.15) is 0 Å². The van der Waals surface area contributed by atoms with Crippen molar-refractivity contribution in [3.8, 4) is 0 Å². The predicted octanol–water partition coefficient (Wildman–Crippen LogP) is 1.45. The predicted molar refractivity (Wildman–Crippen MR) is 98.5 cm³/mol. The van der Waals surface area contributed by atoms with Gasteiger partial charge in [-0.15, -0.1) is 0 Å². The van der Waals surface area contributed by atoms with Gasteiger partial charge >= 0.3 is 0 Å². The summed E-state index contributed by atoms with van der Waals surface area (Å²) in [4.78, 5) is 24.3. The first kappa shape index (κ1) is 19.6. The van der Waals surface area contributed by atoms with Crippen LogP contribution in [-0.4, -0.2) is 44.8 Å². The van der Waals surface area contributed by atoms with Crippen molar-refractivity contribution in [3.63, 3.8) is 0 Å². The number of methoxy groups -OCH3 is 1. The van der Waals surface area contributed by atoms with Gasteiger partial charge < -0.3 is 20.5 Å². The van der Waals surface area contributed by atoms with E-state index in [2.05, 4.69) is 5.32 Å². The van der Waals surface area contributed by atoms with Crippen molar-refractivity contribution in [2.75, 3.05) is 26.9 Å². The van der Waals surface area contributed by atoms with Crippen LogP contribution < -0.4 is 11.1 Å². The SMILES string of the molecule is COCCOCC(=O)N[C@H](C(N)=O)C(c1ccccc1)c1ccccc1. The van der Waals surface area contributed by atoms with E-state index in [4.69, 9.17) is 15.2 Å². The molecule has 0 spiro atoms. The van der Waals surface area contributed by atoms with Crippen LogP contribution in [0.25, 0.3) is 0 Å². The summed E-state index contributed by atoms with van der Waals surface area (Å²) in [6, 6.07) is 18.1. The average Bonchev–Trinajstić information content (AvgIpc) is 2.66. The van der Waals surface area contributed by atoms with E-state index in [1.165, 1.54) is 0 Å². The Morgan fingerprint density at radius 3 is 1.96 bits per heavy atom. The number of amides is 2. The number of hydrogen-bond donors (Lipinski definition) is 2. The van der Waals surface area contributed by atoms with Gasteiger partial charge in [-0.3, -0.25) is 9.59 Å². The fraction of sp³-hybridized carbons (Fsp3) is 0.300. The second kappa shape index (κ2) is 10.3. The van der Waals surface area contributed by atoms with Gasteiger partial charge in [0.15, 0.2) is 0 Å². The molecule has 6 nitrogen and oxygen atoms in total. The van der Waals surface area contributed by atoms with Crippen LogP contribution in [0.1, 0.15) is 17.0 Å². The van der Waals surface area contributed by atoms with Crippen LogP contribution >= 0.6 is 0 Å². The van der Waals surface area contributed by atoms with Crippen molar-refractivity contribution in [2.45, 2.75) is 12.0 Å². The maximum Gasteiger partial charge on any atom is 0.246 e. The van der Waals surface area contributed by atoms with Gasteiger partial charge in [0.1, 0.15) is 12.6 Å². The first-order valence-corrected chi connectivity index (χ1v) is 8.38. The molecule has 0 aromatic heterocycles. The summed E-state index contributed by atoms with van der Waals surface area (Å²) < 4.78 is 10.1. The molecule has 26 heavy (non-hydrogen) atoms. The summed E-state index contributed by atoms with van der Waals surface area (Å²) in [5.74, 6) is -1.40. The number of carbonyl (C=O) groups excluding carboxylic acids is 2. The molecule has 0 saturated heterocycles. The minimum absolute atomic E-state index is 0.163. The first-order chi connectivity index (χ1) is 12.6. The molecule has 1 atom stereocenters. The molecule has 0 aliphatic rings. The first-order valence-electron chi connectivity index (χ1n) is 8.38. The molecule has 0 fully saturated rings. The second-order valence-corrected chi connectivity index (χ2v) is 5.79. The summed E-state index contributed by atoms with van der Waals surface area (Å²) in [6.07, 6.45) is 0. The largest absolute Gasteiger partial charge is 0.382 e. The van der Waals surface area contributed by atoms with Gasteiger partial charge in [0.25, 0.3) is 0 Å². The van der Waals surface area contributed by atoms with Crippen LogP contribution in [0.2, 0.25) is 0 Å². The summed E-state index contributed by atoms with van der Waals surface area (Å²) in [5.41, 5.74) is 7.41. The Morgan fingerprint density at radius 2 is 1.50 bits per heavy atom. The van der Waals surface area contributed by atoms with Crippen LogP contribution in [0.4, 0.5) is 0 Å². The van der Waals surface area contributed by atoms with Crippen molar-refractivity contribution >= 4 is 11.8 Å². The quantitative estimate of drug-likeness (QED) is 0.631. The Balaban J connectivity index is 2.22. The average molecular weight is 356 g/mol. The number of ether oxygens (including phenoxy) is 2. The van der Waals surface area contributed by atoms with E-state index < -0.39 is 23.8 Å². The summed E-state index contributed by atoms with van der Waals surface area (Å²) in [5, 5.41) is 2.71. The molecule has 0 heterocycles. The number of nitrogens with one attached hydrogen (secondary N) is 1. The number of rotatable bonds is 10. The van der Waals surface area contributed by atoms with E-state index in [1.54, 1.807) is 7.11 Å². The standard InChI is InChI=1S/C20H24N2O4/c1-25-12-13-26-14-17(23)22-19(20(21)24)18(15-8-4-2-5-9-15)16-10-6-3-7-11-16/h2-11,18-19H,12-14H2,1H3,(H2,21,24)(H,22,23)/t19-/m0/s1. The Labute approximate surface area is 153 Å². The fourth-order valence-corrected chi connectivity index (χ4v) is 2.74. The lowest BCUT2D eigenvalue weighted by Crippen LogP contribution is -2.49. The lowest BCUT2D eigenvalue weighted by molar-refractivity contribution is -0.130.